The van der Waals surface area contributed by atoms with Crippen LogP contribution in [0.1, 0.15) is 21.5 Å². The molecular formula is C24H22O4. The van der Waals surface area contributed by atoms with Crippen molar-refractivity contribution in [1.82, 2.24) is 0 Å². The Morgan fingerprint density at radius 2 is 1.54 bits per heavy atom. The minimum atomic E-state index is -0.124. The van der Waals surface area contributed by atoms with E-state index in [-0.39, 0.29) is 5.78 Å². The van der Waals surface area contributed by atoms with Crippen molar-refractivity contribution in [1.29, 1.82) is 0 Å². The number of benzene rings is 3. The molecule has 0 unspecified atom stereocenters. The molecule has 0 saturated carbocycles. The zero-order chi connectivity index (χ0) is 19.8. The summed E-state index contributed by atoms with van der Waals surface area (Å²) in [4.78, 5) is 12.5. The molecule has 0 N–H and O–H groups in total. The van der Waals surface area contributed by atoms with Crippen molar-refractivity contribution in [3.63, 3.8) is 0 Å². The smallest absolute Gasteiger partial charge is 0.189 e. The largest absolute Gasteiger partial charge is 0.496 e. The Morgan fingerprint density at radius 1 is 0.821 bits per heavy atom. The van der Waals surface area contributed by atoms with E-state index in [0.29, 0.717) is 29.4 Å². The normalized spacial score (nSPS) is 10.6. The summed E-state index contributed by atoms with van der Waals surface area (Å²) in [6, 6.07) is 22.7. The third-order valence-corrected chi connectivity index (χ3v) is 4.22. The van der Waals surface area contributed by atoms with Gasteiger partial charge in [0.1, 0.15) is 12.4 Å². The molecule has 0 spiro atoms. The van der Waals surface area contributed by atoms with Crippen molar-refractivity contribution in [2.45, 2.75) is 6.61 Å². The molecule has 142 valence electrons. The number of hydrogen-bond acceptors (Lipinski definition) is 4. The van der Waals surface area contributed by atoms with Gasteiger partial charge in [0.15, 0.2) is 17.3 Å². The molecule has 4 heteroatoms. The van der Waals surface area contributed by atoms with E-state index in [1.54, 1.807) is 32.4 Å². The Morgan fingerprint density at radius 3 is 2.29 bits per heavy atom. The molecule has 0 aromatic heterocycles. The Labute approximate surface area is 165 Å². The molecule has 0 aliphatic carbocycles. The van der Waals surface area contributed by atoms with Crippen LogP contribution in [-0.4, -0.2) is 20.0 Å². The van der Waals surface area contributed by atoms with Crippen LogP contribution in [0.4, 0.5) is 0 Å². The molecule has 3 aromatic carbocycles. The fourth-order valence-corrected chi connectivity index (χ4v) is 2.75. The van der Waals surface area contributed by atoms with Gasteiger partial charge in [-0.25, -0.2) is 0 Å². The van der Waals surface area contributed by atoms with Crippen molar-refractivity contribution in [3.8, 4) is 17.2 Å². The van der Waals surface area contributed by atoms with Crippen molar-refractivity contribution in [2.75, 3.05) is 14.2 Å². The molecule has 0 bridgehead atoms. The summed E-state index contributed by atoms with van der Waals surface area (Å²) >= 11 is 0. The van der Waals surface area contributed by atoms with Crippen LogP contribution in [0.2, 0.25) is 0 Å². The van der Waals surface area contributed by atoms with E-state index < -0.39 is 0 Å². The summed E-state index contributed by atoms with van der Waals surface area (Å²) in [5, 5.41) is 0. The first kappa shape index (κ1) is 19.2. The van der Waals surface area contributed by atoms with Gasteiger partial charge >= 0.3 is 0 Å². The van der Waals surface area contributed by atoms with Crippen LogP contribution in [0.15, 0.2) is 78.9 Å². The van der Waals surface area contributed by atoms with Crippen LogP contribution in [0, 0.1) is 0 Å². The van der Waals surface area contributed by atoms with Gasteiger partial charge in [0.2, 0.25) is 0 Å². The van der Waals surface area contributed by atoms with E-state index in [9.17, 15) is 4.79 Å². The summed E-state index contributed by atoms with van der Waals surface area (Å²) in [6.45, 7) is 0.457. The summed E-state index contributed by atoms with van der Waals surface area (Å²) in [5.74, 6) is 1.70. The highest BCUT2D eigenvalue weighted by Crippen LogP contribution is 2.29. The number of allylic oxidation sites excluding steroid dienone is 1. The quantitative estimate of drug-likeness (QED) is 0.403. The van der Waals surface area contributed by atoms with Crippen molar-refractivity contribution >= 4 is 11.9 Å². The van der Waals surface area contributed by atoms with Crippen molar-refractivity contribution in [3.05, 3.63) is 95.6 Å². The average molecular weight is 374 g/mol. The highest BCUT2D eigenvalue weighted by molar-refractivity contribution is 6.08. The summed E-state index contributed by atoms with van der Waals surface area (Å²) < 4.78 is 16.5. The van der Waals surface area contributed by atoms with Gasteiger partial charge in [0.25, 0.3) is 0 Å². The third kappa shape index (κ3) is 4.80. The van der Waals surface area contributed by atoms with Gasteiger partial charge in [-0.05, 0) is 41.5 Å². The maximum Gasteiger partial charge on any atom is 0.189 e. The van der Waals surface area contributed by atoms with E-state index in [2.05, 4.69) is 0 Å². The standard InChI is InChI=1S/C24H22O4/c1-26-22-11-7-6-10-20(22)21(25)14-12-18-13-15-23(24(16-18)27-2)28-17-19-8-4-3-5-9-19/h3-16H,17H2,1-2H3/b14-12+. The summed E-state index contributed by atoms with van der Waals surface area (Å²) in [5.41, 5.74) is 2.44. The second-order valence-electron chi connectivity index (χ2n) is 6.08. The van der Waals surface area contributed by atoms with E-state index in [1.807, 2.05) is 60.7 Å². The summed E-state index contributed by atoms with van der Waals surface area (Å²) in [6.07, 6.45) is 3.27. The van der Waals surface area contributed by atoms with Crippen molar-refractivity contribution in [2.24, 2.45) is 0 Å². The zero-order valence-electron chi connectivity index (χ0n) is 15.9. The maximum absolute atomic E-state index is 12.5. The Balaban J connectivity index is 1.72. The minimum absolute atomic E-state index is 0.124. The van der Waals surface area contributed by atoms with Crippen LogP contribution in [0.5, 0.6) is 17.2 Å². The minimum Gasteiger partial charge on any atom is -0.496 e. The first-order valence-electron chi connectivity index (χ1n) is 8.91. The lowest BCUT2D eigenvalue weighted by Crippen LogP contribution is -1.99. The van der Waals surface area contributed by atoms with Gasteiger partial charge in [-0.2, -0.15) is 0 Å². The fraction of sp³-hybridized carbons (Fsp3) is 0.125. The van der Waals surface area contributed by atoms with Gasteiger partial charge in [0, 0.05) is 0 Å². The van der Waals surface area contributed by atoms with E-state index >= 15 is 0 Å². The third-order valence-electron chi connectivity index (χ3n) is 4.22. The second-order valence-corrected chi connectivity index (χ2v) is 6.08. The van der Waals surface area contributed by atoms with Crippen LogP contribution in [0.25, 0.3) is 6.08 Å². The van der Waals surface area contributed by atoms with Gasteiger partial charge in [-0.1, -0.05) is 54.6 Å². The average Bonchev–Trinajstić information content (AvgIpc) is 2.76. The fourth-order valence-electron chi connectivity index (χ4n) is 2.75. The monoisotopic (exact) mass is 374 g/mol. The molecule has 4 nitrogen and oxygen atoms in total. The topological polar surface area (TPSA) is 44.8 Å². The number of ether oxygens (including phenoxy) is 3. The number of carbonyl (C=O) groups excluding carboxylic acids is 1. The van der Waals surface area contributed by atoms with Crippen LogP contribution in [0.3, 0.4) is 0 Å². The predicted octanol–water partition coefficient (Wildman–Crippen LogP) is 5.18. The van der Waals surface area contributed by atoms with Crippen LogP contribution < -0.4 is 14.2 Å². The van der Waals surface area contributed by atoms with Gasteiger partial charge < -0.3 is 14.2 Å². The first-order chi connectivity index (χ1) is 13.7. The molecule has 0 amide bonds. The molecule has 0 radical (unpaired) electrons. The predicted molar refractivity (Wildman–Crippen MR) is 110 cm³/mol. The van der Waals surface area contributed by atoms with Crippen molar-refractivity contribution < 1.29 is 19.0 Å². The Bertz CT molecular complexity index is 961. The molecule has 0 saturated heterocycles. The lowest BCUT2D eigenvalue weighted by molar-refractivity contribution is 0.104. The molecule has 0 fully saturated rings. The van der Waals surface area contributed by atoms with Gasteiger partial charge in [0.05, 0.1) is 19.8 Å². The zero-order valence-corrected chi connectivity index (χ0v) is 15.9. The van der Waals surface area contributed by atoms with E-state index in [1.165, 1.54) is 6.08 Å². The number of carbonyl (C=O) groups is 1. The van der Waals surface area contributed by atoms with Crippen LogP contribution in [-0.2, 0) is 6.61 Å². The first-order valence-corrected chi connectivity index (χ1v) is 8.91. The molecule has 0 aliphatic heterocycles. The molecule has 0 heterocycles. The molecule has 0 atom stereocenters. The maximum atomic E-state index is 12.5. The molecule has 0 aliphatic rings. The molecular weight excluding hydrogens is 352 g/mol. The lowest BCUT2D eigenvalue weighted by Gasteiger charge is -2.11. The van der Waals surface area contributed by atoms with Gasteiger partial charge in [-0.15, -0.1) is 0 Å². The van der Waals surface area contributed by atoms with E-state index in [4.69, 9.17) is 14.2 Å². The molecule has 3 rings (SSSR count). The number of para-hydroxylation sites is 1. The van der Waals surface area contributed by atoms with Gasteiger partial charge in [-0.3, -0.25) is 4.79 Å². The Kier molecular flexibility index (Phi) is 6.47. The Hall–Kier alpha value is -3.53. The number of rotatable bonds is 8. The second kappa shape index (κ2) is 9.42. The SMILES string of the molecule is COc1cc(/C=C/C(=O)c2ccccc2OC)ccc1OCc1ccccc1. The molecule has 3 aromatic rings. The molecule has 28 heavy (non-hydrogen) atoms. The highest BCUT2D eigenvalue weighted by Gasteiger charge is 2.09. The number of ketones is 1. The summed E-state index contributed by atoms with van der Waals surface area (Å²) in [7, 11) is 3.15. The highest BCUT2D eigenvalue weighted by atomic mass is 16.5. The van der Waals surface area contributed by atoms with Crippen LogP contribution >= 0.6 is 0 Å². The number of methoxy groups -OCH3 is 2. The number of hydrogen-bond donors (Lipinski definition) is 0. The lowest BCUT2D eigenvalue weighted by atomic mass is 10.1. The van der Waals surface area contributed by atoms with E-state index in [0.717, 1.165) is 11.1 Å².